The molecular formula is C22H28N2O3. The molecule has 1 aromatic carbocycles. The van der Waals surface area contributed by atoms with Gasteiger partial charge in [0.25, 0.3) is 5.56 Å². The Bertz CT molecular complexity index is 972. The number of carbonyl (C=O) groups excluding carboxylic acids is 1. The van der Waals surface area contributed by atoms with Crippen LogP contribution in [0.15, 0.2) is 27.8 Å². The van der Waals surface area contributed by atoms with E-state index in [-0.39, 0.29) is 23.1 Å². The van der Waals surface area contributed by atoms with E-state index in [1.54, 1.807) is 4.57 Å². The highest BCUT2D eigenvalue weighted by molar-refractivity contribution is 6.09. The number of aromatic nitrogens is 2. The van der Waals surface area contributed by atoms with Gasteiger partial charge in [-0.15, -0.1) is 0 Å². The summed E-state index contributed by atoms with van der Waals surface area (Å²) in [6.45, 7) is 5.76. The van der Waals surface area contributed by atoms with Crippen molar-refractivity contribution in [1.29, 1.82) is 0 Å². The van der Waals surface area contributed by atoms with Crippen molar-refractivity contribution in [1.82, 2.24) is 9.13 Å². The molecule has 5 nitrogen and oxygen atoms in total. The van der Waals surface area contributed by atoms with Crippen LogP contribution in [0.5, 0.6) is 0 Å². The standard InChI is InChI=1S/C22H28N2O3/c1-5-18-19(20(25)16-12-14(2)11-15(3)13-16)24(17-9-7-6-8-10-17)22(27)23(4)21(18)26/h11-13,17H,5-10H2,1-4H3. The lowest BCUT2D eigenvalue weighted by molar-refractivity contribution is 0.102. The summed E-state index contributed by atoms with van der Waals surface area (Å²) >= 11 is 0. The van der Waals surface area contributed by atoms with Crippen LogP contribution in [0.4, 0.5) is 0 Å². The minimum atomic E-state index is -0.378. The minimum Gasteiger partial charge on any atom is -0.287 e. The summed E-state index contributed by atoms with van der Waals surface area (Å²) in [5.74, 6) is -0.223. The summed E-state index contributed by atoms with van der Waals surface area (Å²) in [5.41, 5.74) is 2.52. The van der Waals surface area contributed by atoms with Crippen molar-refractivity contribution in [3.8, 4) is 0 Å². The van der Waals surface area contributed by atoms with Crippen molar-refractivity contribution in [3.63, 3.8) is 0 Å². The third-order valence-electron chi connectivity index (χ3n) is 5.57. The quantitative estimate of drug-likeness (QED) is 0.777. The molecule has 0 amide bonds. The lowest BCUT2D eigenvalue weighted by Gasteiger charge is -2.27. The molecule has 1 aromatic heterocycles. The van der Waals surface area contributed by atoms with Gasteiger partial charge < -0.3 is 0 Å². The molecule has 5 heteroatoms. The van der Waals surface area contributed by atoms with Gasteiger partial charge in [-0.2, -0.15) is 0 Å². The van der Waals surface area contributed by atoms with Crippen LogP contribution in [0.25, 0.3) is 0 Å². The second kappa shape index (κ2) is 7.67. The van der Waals surface area contributed by atoms with Gasteiger partial charge in [0.1, 0.15) is 5.69 Å². The van der Waals surface area contributed by atoms with E-state index in [4.69, 9.17) is 0 Å². The molecule has 0 aliphatic heterocycles. The molecule has 1 heterocycles. The van der Waals surface area contributed by atoms with Gasteiger partial charge in [0.05, 0.1) is 0 Å². The van der Waals surface area contributed by atoms with Crippen molar-refractivity contribution in [2.24, 2.45) is 7.05 Å². The molecule has 1 fully saturated rings. The highest BCUT2D eigenvalue weighted by Gasteiger charge is 2.28. The Labute approximate surface area is 159 Å². The van der Waals surface area contributed by atoms with Crippen LogP contribution in [0.1, 0.15) is 77.8 Å². The van der Waals surface area contributed by atoms with Gasteiger partial charge in [-0.05, 0) is 45.2 Å². The zero-order valence-electron chi connectivity index (χ0n) is 16.7. The topological polar surface area (TPSA) is 61.1 Å². The molecule has 144 valence electrons. The van der Waals surface area contributed by atoms with E-state index in [1.165, 1.54) is 7.05 Å². The van der Waals surface area contributed by atoms with Crippen LogP contribution in [0, 0.1) is 13.8 Å². The number of rotatable bonds is 4. The zero-order valence-corrected chi connectivity index (χ0v) is 16.7. The van der Waals surface area contributed by atoms with Crippen LogP contribution in [0.3, 0.4) is 0 Å². The first-order valence-corrected chi connectivity index (χ1v) is 9.82. The van der Waals surface area contributed by atoms with Crippen molar-refractivity contribution in [2.45, 2.75) is 65.3 Å². The second-order valence-electron chi connectivity index (χ2n) is 7.69. The number of ketones is 1. The van der Waals surface area contributed by atoms with E-state index in [0.717, 1.165) is 47.8 Å². The number of benzene rings is 1. The Kier molecular flexibility index (Phi) is 5.49. The van der Waals surface area contributed by atoms with Gasteiger partial charge in [-0.1, -0.05) is 43.4 Å². The van der Waals surface area contributed by atoms with Gasteiger partial charge in [-0.3, -0.25) is 18.7 Å². The molecule has 0 N–H and O–H groups in total. The van der Waals surface area contributed by atoms with Crippen molar-refractivity contribution >= 4 is 5.78 Å². The van der Waals surface area contributed by atoms with E-state index in [2.05, 4.69) is 0 Å². The Balaban J connectivity index is 2.30. The molecule has 1 aliphatic carbocycles. The molecule has 0 bridgehead atoms. The lowest BCUT2D eigenvalue weighted by Crippen LogP contribution is -2.45. The van der Waals surface area contributed by atoms with Crippen LogP contribution >= 0.6 is 0 Å². The predicted molar refractivity (Wildman–Crippen MR) is 107 cm³/mol. The number of hydrogen-bond acceptors (Lipinski definition) is 3. The molecule has 0 atom stereocenters. The van der Waals surface area contributed by atoms with E-state index in [1.807, 2.05) is 39.0 Å². The molecule has 27 heavy (non-hydrogen) atoms. The van der Waals surface area contributed by atoms with E-state index in [0.29, 0.717) is 23.2 Å². The van der Waals surface area contributed by atoms with E-state index < -0.39 is 0 Å². The summed E-state index contributed by atoms with van der Waals surface area (Å²) < 4.78 is 2.78. The van der Waals surface area contributed by atoms with Crippen molar-refractivity contribution in [2.75, 3.05) is 0 Å². The fourth-order valence-corrected chi connectivity index (χ4v) is 4.28. The number of nitrogens with zero attached hydrogens (tertiary/aromatic N) is 2. The minimum absolute atomic E-state index is 0.0202. The highest BCUT2D eigenvalue weighted by Crippen LogP contribution is 2.29. The summed E-state index contributed by atoms with van der Waals surface area (Å²) in [5, 5.41) is 0. The first-order valence-electron chi connectivity index (χ1n) is 9.82. The fourth-order valence-electron chi connectivity index (χ4n) is 4.28. The maximum atomic E-state index is 13.5. The Morgan fingerprint density at radius 2 is 1.63 bits per heavy atom. The van der Waals surface area contributed by atoms with Gasteiger partial charge in [0, 0.05) is 24.2 Å². The van der Waals surface area contributed by atoms with E-state index >= 15 is 0 Å². The summed E-state index contributed by atoms with van der Waals surface area (Å²) in [4.78, 5) is 39.3. The molecule has 1 aliphatic rings. The third-order valence-corrected chi connectivity index (χ3v) is 5.57. The first kappa shape index (κ1) is 19.3. The normalized spacial score (nSPS) is 15.1. The third kappa shape index (κ3) is 3.55. The second-order valence-corrected chi connectivity index (χ2v) is 7.69. The van der Waals surface area contributed by atoms with E-state index in [9.17, 15) is 14.4 Å². The molecule has 0 unspecified atom stereocenters. The van der Waals surface area contributed by atoms with Crippen LogP contribution in [-0.2, 0) is 13.5 Å². The van der Waals surface area contributed by atoms with Crippen LogP contribution in [-0.4, -0.2) is 14.9 Å². The lowest BCUT2D eigenvalue weighted by atomic mass is 9.93. The van der Waals surface area contributed by atoms with Crippen LogP contribution < -0.4 is 11.2 Å². The van der Waals surface area contributed by atoms with Crippen molar-refractivity contribution in [3.05, 3.63) is 67.0 Å². The number of hydrogen-bond donors (Lipinski definition) is 0. The SMILES string of the molecule is CCc1c(C(=O)c2cc(C)cc(C)c2)n(C2CCCCC2)c(=O)n(C)c1=O. The maximum absolute atomic E-state index is 13.5. The molecule has 0 saturated heterocycles. The average Bonchev–Trinajstić information content (AvgIpc) is 2.65. The molecular weight excluding hydrogens is 340 g/mol. The largest absolute Gasteiger partial charge is 0.331 e. The number of aryl methyl sites for hydroxylation is 2. The Morgan fingerprint density at radius 3 is 2.19 bits per heavy atom. The average molecular weight is 368 g/mol. The highest BCUT2D eigenvalue weighted by atomic mass is 16.2. The van der Waals surface area contributed by atoms with Crippen LogP contribution in [0.2, 0.25) is 0 Å². The molecule has 0 spiro atoms. The van der Waals surface area contributed by atoms with Gasteiger partial charge in [-0.25, -0.2) is 4.79 Å². The smallest absolute Gasteiger partial charge is 0.287 e. The Morgan fingerprint density at radius 1 is 1.04 bits per heavy atom. The van der Waals surface area contributed by atoms with Gasteiger partial charge in [0.15, 0.2) is 0 Å². The summed E-state index contributed by atoms with van der Waals surface area (Å²) in [7, 11) is 1.51. The fraction of sp³-hybridized carbons (Fsp3) is 0.500. The molecule has 3 rings (SSSR count). The summed E-state index contributed by atoms with van der Waals surface area (Å²) in [6, 6.07) is 5.66. The Hall–Kier alpha value is -2.43. The predicted octanol–water partition coefficient (Wildman–Crippen LogP) is 3.46. The monoisotopic (exact) mass is 368 g/mol. The maximum Gasteiger partial charge on any atom is 0.331 e. The number of carbonyl (C=O) groups is 1. The zero-order chi connectivity index (χ0) is 19.7. The van der Waals surface area contributed by atoms with Gasteiger partial charge >= 0.3 is 5.69 Å². The van der Waals surface area contributed by atoms with Crippen molar-refractivity contribution < 1.29 is 4.79 Å². The van der Waals surface area contributed by atoms with Gasteiger partial charge in [0.2, 0.25) is 5.78 Å². The first-order chi connectivity index (χ1) is 12.8. The molecule has 1 saturated carbocycles. The molecule has 0 radical (unpaired) electrons. The molecule has 2 aromatic rings. The summed E-state index contributed by atoms with van der Waals surface area (Å²) in [6.07, 6.45) is 5.39.